The lowest BCUT2D eigenvalue weighted by Gasteiger charge is -2.21. The zero-order chi connectivity index (χ0) is 17.5. The third-order valence-corrected chi connectivity index (χ3v) is 5.50. The highest BCUT2D eigenvalue weighted by Gasteiger charge is 2.21. The zero-order valence-corrected chi connectivity index (χ0v) is 15.4. The van der Waals surface area contributed by atoms with Crippen LogP contribution in [0.5, 0.6) is 0 Å². The highest BCUT2D eigenvalue weighted by Crippen LogP contribution is 2.26. The standard InChI is InChI=1S/C18H25N5OS/c1-23-17(15-8-10-19-11-9-15)21-22-18(23)25-13-16(24)20-12-7-14-5-3-2-4-6-14/h2-6,15,19H,7-13H2,1H3,(H,20,24). The smallest absolute Gasteiger partial charge is 0.230 e. The van der Waals surface area contributed by atoms with Crippen LogP contribution in [0.3, 0.4) is 0 Å². The van der Waals surface area contributed by atoms with Gasteiger partial charge >= 0.3 is 0 Å². The number of thioether (sulfide) groups is 1. The number of hydrogen-bond acceptors (Lipinski definition) is 5. The van der Waals surface area contributed by atoms with Crippen molar-refractivity contribution in [1.82, 2.24) is 25.4 Å². The number of carbonyl (C=O) groups is 1. The molecule has 0 spiro atoms. The van der Waals surface area contributed by atoms with Gasteiger partial charge in [-0.05, 0) is 37.9 Å². The Morgan fingerprint density at radius 3 is 2.80 bits per heavy atom. The SMILES string of the molecule is Cn1c(SCC(=O)NCCc2ccccc2)nnc1C1CCNCC1. The van der Waals surface area contributed by atoms with Crippen molar-refractivity contribution in [2.75, 3.05) is 25.4 Å². The summed E-state index contributed by atoms with van der Waals surface area (Å²) in [6, 6.07) is 10.2. The number of piperidine rings is 1. The van der Waals surface area contributed by atoms with E-state index in [4.69, 9.17) is 0 Å². The van der Waals surface area contributed by atoms with Crippen LogP contribution in [-0.2, 0) is 18.3 Å². The van der Waals surface area contributed by atoms with Gasteiger partial charge in [-0.3, -0.25) is 4.79 Å². The summed E-state index contributed by atoms with van der Waals surface area (Å²) in [6.45, 7) is 2.72. The lowest BCUT2D eigenvalue weighted by Crippen LogP contribution is -2.28. The maximum absolute atomic E-state index is 12.0. The molecule has 6 nitrogen and oxygen atoms in total. The van der Waals surface area contributed by atoms with Crippen molar-refractivity contribution < 1.29 is 4.79 Å². The Morgan fingerprint density at radius 1 is 1.28 bits per heavy atom. The quantitative estimate of drug-likeness (QED) is 0.737. The molecule has 25 heavy (non-hydrogen) atoms. The topological polar surface area (TPSA) is 71.8 Å². The van der Waals surface area contributed by atoms with Gasteiger partial charge in [-0.25, -0.2) is 0 Å². The molecule has 2 aromatic rings. The van der Waals surface area contributed by atoms with E-state index in [-0.39, 0.29) is 5.91 Å². The Morgan fingerprint density at radius 2 is 2.04 bits per heavy atom. The zero-order valence-electron chi connectivity index (χ0n) is 14.6. The monoisotopic (exact) mass is 359 g/mol. The van der Waals surface area contributed by atoms with Gasteiger partial charge in [0.2, 0.25) is 5.91 Å². The van der Waals surface area contributed by atoms with E-state index in [1.165, 1.54) is 17.3 Å². The third-order valence-electron chi connectivity index (χ3n) is 4.48. The minimum atomic E-state index is 0.0346. The molecule has 2 heterocycles. The van der Waals surface area contributed by atoms with E-state index in [0.29, 0.717) is 18.2 Å². The van der Waals surface area contributed by atoms with Crippen LogP contribution in [0.15, 0.2) is 35.5 Å². The molecule has 0 radical (unpaired) electrons. The Balaban J connectivity index is 1.43. The van der Waals surface area contributed by atoms with E-state index < -0.39 is 0 Å². The van der Waals surface area contributed by atoms with Crippen LogP contribution < -0.4 is 10.6 Å². The van der Waals surface area contributed by atoms with E-state index in [1.807, 2.05) is 29.8 Å². The van der Waals surface area contributed by atoms with Crippen LogP contribution in [0.1, 0.15) is 30.1 Å². The molecule has 1 aromatic carbocycles. The van der Waals surface area contributed by atoms with Crippen molar-refractivity contribution >= 4 is 17.7 Å². The fourth-order valence-corrected chi connectivity index (χ4v) is 3.81. The second-order valence-corrected chi connectivity index (χ2v) is 7.24. The average molecular weight is 359 g/mol. The van der Waals surface area contributed by atoms with Crippen molar-refractivity contribution in [3.8, 4) is 0 Å². The molecular formula is C18H25N5OS. The highest BCUT2D eigenvalue weighted by molar-refractivity contribution is 7.99. The lowest BCUT2D eigenvalue weighted by molar-refractivity contribution is -0.118. The number of nitrogens with zero attached hydrogens (tertiary/aromatic N) is 3. The summed E-state index contributed by atoms with van der Waals surface area (Å²) < 4.78 is 2.04. The number of aromatic nitrogens is 3. The molecule has 1 aliphatic heterocycles. The summed E-state index contributed by atoms with van der Waals surface area (Å²) >= 11 is 1.45. The van der Waals surface area contributed by atoms with Gasteiger partial charge in [0, 0.05) is 19.5 Å². The predicted molar refractivity (Wildman–Crippen MR) is 99.7 cm³/mol. The molecule has 1 amide bonds. The molecule has 2 N–H and O–H groups in total. The second-order valence-electron chi connectivity index (χ2n) is 6.30. The van der Waals surface area contributed by atoms with Crippen molar-refractivity contribution in [3.63, 3.8) is 0 Å². The van der Waals surface area contributed by atoms with Crippen LogP contribution in [0.2, 0.25) is 0 Å². The van der Waals surface area contributed by atoms with Gasteiger partial charge in [0.25, 0.3) is 0 Å². The number of benzene rings is 1. The molecule has 1 aliphatic rings. The van der Waals surface area contributed by atoms with Gasteiger partial charge in [-0.15, -0.1) is 10.2 Å². The summed E-state index contributed by atoms with van der Waals surface area (Å²) in [5.41, 5.74) is 1.23. The fourth-order valence-electron chi connectivity index (χ4n) is 3.06. The van der Waals surface area contributed by atoms with Gasteiger partial charge in [0.15, 0.2) is 5.16 Å². The van der Waals surface area contributed by atoms with Gasteiger partial charge in [-0.2, -0.15) is 0 Å². The number of nitrogens with one attached hydrogen (secondary N) is 2. The molecule has 7 heteroatoms. The van der Waals surface area contributed by atoms with Gasteiger partial charge < -0.3 is 15.2 Å². The average Bonchev–Trinajstić information content (AvgIpc) is 3.02. The van der Waals surface area contributed by atoms with Crippen molar-refractivity contribution in [1.29, 1.82) is 0 Å². The molecule has 3 rings (SSSR count). The van der Waals surface area contributed by atoms with Crippen molar-refractivity contribution in [3.05, 3.63) is 41.7 Å². The summed E-state index contributed by atoms with van der Waals surface area (Å²) in [4.78, 5) is 12.0. The number of amides is 1. The minimum Gasteiger partial charge on any atom is -0.355 e. The lowest BCUT2D eigenvalue weighted by atomic mass is 9.97. The number of hydrogen-bond donors (Lipinski definition) is 2. The van der Waals surface area contributed by atoms with Crippen LogP contribution in [0.4, 0.5) is 0 Å². The molecule has 1 aromatic heterocycles. The molecular weight excluding hydrogens is 334 g/mol. The largest absolute Gasteiger partial charge is 0.355 e. The Hall–Kier alpha value is -1.86. The number of rotatable bonds is 7. The Bertz CT molecular complexity index is 682. The molecule has 0 saturated carbocycles. The Labute approximate surface area is 152 Å². The first kappa shape index (κ1) is 17.9. The maximum atomic E-state index is 12.0. The van der Waals surface area contributed by atoms with Gasteiger partial charge in [-0.1, -0.05) is 42.1 Å². The molecule has 0 aliphatic carbocycles. The van der Waals surface area contributed by atoms with Gasteiger partial charge in [0.05, 0.1) is 5.75 Å². The van der Waals surface area contributed by atoms with Crippen LogP contribution in [0.25, 0.3) is 0 Å². The van der Waals surface area contributed by atoms with Crippen molar-refractivity contribution in [2.24, 2.45) is 7.05 Å². The van der Waals surface area contributed by atoms with Crippen LogP contribution in [-0.4, -0.2) is 46.1 Å². The van der Waals surface area contributed by atoms with Crippen LogP contribution >= 0.6 is 11.8 Å². The first-order valence-corrected chi connectivity index (χ1v) is 9.76. The summed E-state index contributed by atoms with van der Waals surface area (Å²) in [7, 11) is 1.99. The van der Waals surface area contributed by atoms with E-state index in [0.717, 1.165) is 43.3 Å². The molecule has 1 fully saturated rings. The molecule has 0 atom stereocenters. The Kier molecular flexibility index (Phi) is 6.47. The first-order chi connectivity index (χ1) is 12.2. The van der Waals surface area contributed by atoms with E-state index in [9.17, 15) is 4.79 Å². The molecule has 134 valence electrons. The van der Waals surface area contributed by atoms with E-state index in [2.05, 4.69) is 33.0 Å². The molecule has 0 bridgehead atoms. The van der Waals surface area contributed by atoms with Crippen molar-refractivity contribution in [2.45, 2.75) is 30.3 Å². The van der Waals surface area contributed by atoms with E-state index >= 15 is 0 Å². The third kappa shape index (κ3) is 5.06. The fraction of sp³-hybridized carbons (Fsp3) is 0.500. The minimum absolute atomic E-state index is 0.0346. The molecule has 1 saturated heterocycles. The predicted octanol–water partition coefficient (Wildman–Crippen LogP) is 1.73. The second kappa shape index (κ2) is 9.01. The first-order valence-electron chi connectivity index (χ1n) is 8.77. The van der Waals surface area contributed by atoms with Crippen LogP contribution in [0, 0.1) is 0 Å². The highest BCUT2D eigenvalue weighted by atomic mass is 32.2. The van der Waals surface area contributed by atoms with Gasteiger partial charge in [0.1, 0.15) is 5.82 Å². The summed E-state index contributed by atoms with van der Waals surface area (Å²) in [5, 5.41) is 15.8. The van der Waals surface area contributed by atoms with E-state index in [1.54, 1.807) is 0 Å². The maximum Gasteiger partial charge on any atom is 0.230 e. The number of carbonyl (C=O) groups excluding carboxylic acids is 1. The summed E-state index contributed by atoms with van der Waals surface area (Å²) in [5.74, 6) is 1.90. The molecule has 0 unspecified atom stereocenters. The summed E-state index contributed by atoms with van der Waals surface area (Å²) in [6.07, 6.45) is 3.04. The normalized spacial score (nSPS) is 15.2.